The molecule has 128 valence electrons. The third kappa shape index (κ3) is 4.06. The highest BCUT2D eigenvalue weighted by Gasteiger charge is 2.33. The van der Waals surface area contributed by atoms with Crippen molar-refractivity contribution in [3.63, 3.8) is 0 Å². The summed E-state index contributed by atoms with van der Waals surface area (Å²) >= 11 is 20.6. The number of hydrogen-bond donors (Lipinski definition) is 0. The number of halogens is 4. The van der Waals surface area contributed by atoms with Gasteiger partial charge in [-0.3, -0.25) is 9.10 Å². The summed E-state index contributed by atoms with van der Waals surface area (Å²) in [5.41, 5.74) is 0.297. The van der Waals surface area contributed by atoms with Gasteiger partial charge < -0.3 is 0 Å². The lowest BCUT2D eigenvalue weighted by Gasteiger charge is -2.28. The molecule has 0 heterocycles. The fraction of sp³-hybridized carbons (Fsp3) is 0.133. The number of anilines is 1. The second-order valence-corrected chi connectivity index (χ2v) is 8.75. The average molecular weight is 472 g/mol. The van der Waals surface area contributed by atoms with Gasteiger partial charge in [-0.15, -0.1) is 0 Å². The third-order valence-corrected chi connectivity index (χ3v) is 6.69. The fourth-order valence-corrected chi connectivity index (χ4v) is 4.43. The highest BCUT2D eigenvalue weighted by atomic mass is 79.9. The zero-order valence-corrected chi connectivity index (χ0v) is 16.9. The van der Waals surface area contributed by atoms with Crippen LogP contribution in [-0.2, 0) is 14.8 Å². The van der Waals surface area contributed by atoms with Gasteiger partial charge in [0.1, 0.15) is 6.04 Å². The molecule has 0 amide bonds. The van der Waals surface area contributed by atoms with Crippen molar-refractivity contribution in [1.82, 2.24) is 0 Å². The molecular weight excluding hydrogens is 460 g/mol. The first-order valence-corrected chi connectivity index (χ1v) is 9.95. The van der Waals surface area contributed by atoms with Crippen LogP contribution in [0.1, 0.15) is 6.92 Å². The Morgan fingerprint density at radius 1 is 1.08 bits per heavy atom. The highest BCUT2D eigenvalue weighted by molar-refractivity contribution is 9.10. The number of benzene rings is 2. The van der Waals surface area contributed by atoms with Gasteiger partial charge in [-0.25, -0.2) is 8.42 Å². The maximum absolute atomic E-state index is 13.0. The largest absolute Gasteiger partial charge is 0.279 e. The van der Waals surface area contributed by atoms with Crippen molar-refractivity contribution in [2.45, 2.75) is 17.9 Å². The summed E-state index contributed by atoms with van der Waals surface area (Å²) in [6.45, 7) is 1.41. The summed E-state index contributed by atoms with van der Waals surface area (Å²) in [6, 6.07) is 9.29. The Labute approximate surface area is 163 Å². The smallest absolute Gasteiger partial charge is 0.265 e. The molecule has 0 bridgehead atoms. The van der Waals surface area contributed by atoms with Crippen molar-refractivity contribution in [2.75, 3.05) is 4.31 Å². The molecule has 0 spiro atoms. The second-order valence-electron chi connectivity index (χ2n) is 4.83. The quantitative estimate of drug-likeness (QED) is 0.570. The Morgan fingerprint density at radius 2 is 1.67 bits per heavy atom. The fourth-order valence-electron chi connectivity index (χ4n) is 2.00. The van der Waals surface area contributed by atoms with Crippen molar-refractivity contribution >= 4 is 71.7 Å². The first-order valence-electron chi connectivity index (χ1n) is 6.59. The summed E-state index contributed by atoms with van der Waals surface area (Å²) in [4.78, 5) is 11.5. The molecule has 2 aromatic carbocycles. The molecule has 0 saturated heterocycles. The first kappa shape index (κ1) is 19.5. The third-order valence-electron chi connectivity index (χ3n) is 3.21. The Bertz CT molecular complexity index is 872. The van der Waals surface area contributed by atoms with Gasteiger partial charge in [0.2, 0.25) is 5.24 Å². The van der Waals surface area contributed by atoms with Crippen LogP contribution in [0.5, 0.6) is 0 Å². The molecule has 0 saturated carbocycles. The van der Waals surface area contributed by atoms with Gasteiger partial charge in [-0.05, 0) is 61.0 Å². The van der Waals surface area contributed by atoms with Gasteiger partial charge in [0.25, 0.3) is 10.0 Å². The molecule has 24 heavy (non-hydrogen) atoms. The van der Waals surface area contributed by atoms with Crippen LogP contribution in [0.2, 0.25) is 10.0 Å². The molecule has 0 aliphatic heterocycles. The molecule has 0 aliphatic carbocycles. The summed E-state index contributed by atoms with van der Waals surface area (Å²) in [6.07, 6.45) is 0. The lowest BCUT2D eigenvalue weighted by Crippen LogP contribution is -2.42. The Hall–Kier alpha value is -0.790. The number of carbonyl (C=O) groups is 1. The van der Waals surface area contributed by atoms with Crippen LogP contribution < -0.4 is 4.31 Å². The molecule has 1 unspecified atom stereocenters. The van der Waals surface area contributed by atoms with E-state index in [2.05, 4.69) is 15.9 Å². The zero-order chi connectivity index (χ0) is 18.1. The second kappa shape index (κ2) is 7.62. The number of sulfonamides is 1. The van der Waals surface area contributed by atoms with E-state index >= 15 is 0 Å². The molecule has 0 aromatic heterocycles. The van der Waals surface area contributed by atoms with Crippen molar-refractivity contribution < 1.29 is 13.2 Å². The Morgan fingerprint density at radius 3 is 2.17 bits per heavy atom. The minimum atomic E-state index is -4.08. The molecule has 4 nitrogen and oxygen atoms in total. The molecule has 0 aliphatic rings. The molecule has 2 rings (SSSR count). The summed E-state index contributed by atoms with van der Waals surface area (Å²) in [5.74, 6) is 0. The van der Waals surface area contributed by atoms with Crippen LogP contribution in [0.3, 0.4) is 0 Å². The van der Waals surface area contributed by atoms with Gasteiger partial charge in [0, 0.05) is 4.47 Å². The Balaban J connectivity index is 2.62. The zero-order valence-electron chi connectivity index (χ0n) is 12.2. The van der Waals surface area contributed by atoms with Gasteiger partial charge in [0.05, 0.1) is 20.6 Å². The lowest BCUT2D eigenvalue weighted by molar-refractivity contribution is -0.112. The summed E-state index contributed by atoms with van der Waals surface area (Å²) in [7, 11) is -4.08. The highest BCUT2D eigenvalue weighted by Crippen LogP contribution is 2.31. The van der Waals surface area contributed by atoms with Crippen LogP contribution in [0, 0.1) is 0 Å². The van der Waals surface area contributed by atoms with E-state index in [0.29, 0.717) is 5.69 Å². The molecule has 2 aromatic rings. The molecular formula is C15H11BrCl3NO3S. The molecule has 0 N–H and O–H groups in total. The van der Waals surface area contributed by atoms with Crippen molar-refractivity contribution in [3.8, 4) is 0 Å². The normalized spacial score (nSPS) is 12.7. The number of nitrogens with zero attached hydrogens (tertiary/aromatic N) is 1. The van der Waals surface area contributed by atoms with Gasteiger partial charge in [-0.1, -0.05) is 39.1 Å². The molecule has 1 atom stereocenters. The minimum absolute atomic E-state index is 0.0930. The maximum Gasteiger partial charge on any atom is 0.265 e. The predicted molar refractivity (Wildman–Crippen MR) is 101 cm³/mol. The van der Waals surface area contributed by atoms with E-state index in [0.717, 1.165) is 8.78 Å². The van der Waals surface area contributed by atoms with Crippen molar-refractivity contribution in [1.29, 1.82) is 0 Å². The van der Waals surface area contributed by atoms with E-state index in [-0.39, 0.29) is 14.9 Å². The standard InChI is InChI=1S/C15H11BrCl3NO3S/c1-9(15(19)21)20(11-4-2-10(16)3-5-11)24(22,23)12-6-7-13(17)14(18)8-12/h2-9H,1H3. The van der Waals surface area contributed by atoms with E-state index in [1.54, 1.807) is 24.3 Å². The van der Waals surface area contributed by atoms with Crippen LogP contribution in [0.25, 0.3) is 0 Å². The van der Waals surface area contributed by atoms with Crippen LogP contribution in [-0.4, -0.2) is 19.7 Å². The van der Waals surface area contributed by atoms with E-state index < -0.39 is 21.3 Å². The van der Waals surface area contributed by atoms with Gasteiger partial charge in [-0.2, -0.15) is 0 Å². The number of carbonyl (C=O) groups excluding carboxylic acids is 1. The Kier molecular flexibility index (Phi) is 6.20. The van der Waals surface area contributed by atoms with Gasteiger partial charge >= 0.3 is 0 Å². The van der Waals surface area contributed by atoms with Crippen LogP contribution in [0.4, 0.5) is 5.69 Å². The minimum Gasteiger partial charge on any atom is -0.279 e. The maximum atomic E-state index is 13.0. The van der Waals surface area contributed by atoms with E-state index in [4.69, 9.17) is 34.8 Å². The number of rotatable bonds is 5. The van der Waals surface area contributed by atoms with E-state index in [1.165, 1.54) is 25.1 Å². The van der Waals surface area contributed by atoms with Crippen LogP contribution in [0.15, 0.2) is 51.8 Å². The molecule has 0 fully saturated rings. The number of hydrogen-bond acceptors (Lipinski definition) is 3. The van der Waals surface area contributed by atoms with Gasteiger partial charge in [0.15, 0.2) is 0 Å². The van der Waals surface area contributed by atoms with E-state index in [9.17, 15) is 13.2 Å². The van der Waals surface area contributed by atoms with Crippen molar-refractivity contribution in [2.24, 2.45) is 0 Å². The van der Waals surface area contributed by atoms with Crippen molar-refractivity contribution in [3.05, 3.63) is 57.0 Å². The average Bonchev–Trinajstić information content (AvgIpc) is 2.51. The topological polar surface area (TPSA) is 54.5 Å². The van der Waals surface area contributed by atoms with E-state index in [1.807, 2.05) is 0 Å². The molecule has 9 heteroatoms. The SMILES string of the molecule is CC(C(=O)Cl)N(c1ccc(Br)cc1)S(=O)(=O)c1ccc(Cl)c(Cl)c1. The predicted octanol–water partition coefficient (Wildman–Crippen LogP) is 5.11. The van der Waals surface area contributed by atoms with Crippen LogP contribution >= 0.6 is 50.7 Å². The first-order chi connectivity index (χ1) is 11.1. The monoisotopic (exact) mass is 469 g/mol. The lowest BCUT2D eigenvalue weighted by atomic mass is 10.3. The summed E-state index contributed by atoms with van der Waals surface area (Å²) in [5, 5.41) is -0.479. The molecule has 0 radical (unpaired) electrons. The summed E-state index contributed by atoms with van der Waals surface area (Å²) < 4.78 is 27.8.